The number of hydrogen-bond donors (Lipinski definition) is 0. The molecule has 0 N–H and O–H groups in total. The first-order chi connectivity index (χ1) is 8.09. The summed E-state index contributed by atoms with van der Waals surface area (Å²) in [5.41, 5.74) is 0. The van der Waals surface area contributed by atoms with Crippen LogP contribution in [0.25, 0.3) is 0 Å². The van der Waals surface area contributed by atoms with Crippen LogP contribution in [0.5, 0.6) is 0 Å². The maximum atomic E-state index is 12.2. The average molecular weight is 278 g/mol. The van der Waals surface area contributed by atoms with Gasteiger partial charge in [0, 0.05) is 13.1 Å². The van der Waals surface area contributed by atoms with Crippen LogP contribution < -0.4 is 0 Å². The van der Waals surface area contributed by atoms with Gasteiger partial charge in [-0.1, -0.05) is 12.2 Å². The highest BCUT2D eigenvalue weighted by molar-refractivity contribution is 7.96. The van der Waals surface area contributed by atoms with Crippen LogP contribution in [0.3, 0.4) is 0 Å². The molecule has 0 radical (unpaired) electrons. The number of alkyl halides is 1. The zero-order valence-electron chi connectivity index (χ0n) is 9.51. The lowest BCUT2D eigenvalue weighted by Gasteiger charge is -2.55. The monoisotopic (exact) mass is 277 g/mol. The molecule has 2 atom stereocenters. The molecule has 0 saturated carbocycles. The molecule has 6 heteroatoms. The summed E-state index contributed by atoms with van der Waals surface area (Å²) in [5, 5.41) is 0. The molecule has 17 heavy (non-hydrogen) atoms. The summed E-state index contributed by atoms with van der Waals surface area (Å²) in [7, 11) is -3.18. The molecule has 0 aromatic carbocycles. The van der Waals surface area contributed by atoms with Gasteiger partial charge in [0.25, 0.3) is 0 Å². The number of morpholine rings is 1. The van der Waals surface area contributed by atoms with Gasteiger partial charge in [-0.3, -0.25) is 4.90 Å². The predicted octanol–water partition coefficient (Wildman–Crippen LogP) is 0.769. The van der Waals surface area contributed by atoms with Crippen LogP contribution in [0.1, 0.15) is 12.8 Å². The second-order valence-corrected chi connectivity index (χ2v) is 8.07. The van der Waals surface area contributed by atoms with Gasteiger partial charge in [0.1, 0.15) is 0 Å². The molecule has 0 amide bonds. The SMILES string of the molecule is O=S1(=O)C(Cl)C(N2CCOCC2)C12CC=CC2. The number of rotatable bonds is 1. The van der Waals surface area contributed by atoms with Crippen molar-refractivity contribution < 1.29 is 13.2 Å². The van der Waals surface area contributed by atoms with E-state index in [1.807, 2.05) is 12.2 Å². The second-order valence-electron chi connectivity index (χ2n) is 4.93. The standard InChI is InChI=1S/C11H16ClNO3S/c12-10-9(13-5-7-16-8-6-13)11(17(10,14)15)3-1-2-4-11/h1-2,9-10H,3-8H2. The number of hydrogen-bond acceptors (Lipinski definition) is 4. The Bertz CT molecular complexity index is 434. The van der Waals surface area contributed by atoms with Crippen molar-refractivity contribution in [1.29, 1.82) is 0 Å². The third kappa shape index (κ3) is 1.46. The Morgan fingerprint density at radius 3 is 2.41 bits per heavy atom. The Morgan fingerprint density at radius 2 is 1.82 bits per heavy atom. The molecule has 1 spiro atoms. The summed E-state index contributed by atoms with van der Waals surface area (Å²) in [5.74, 6) is 0. The Labute approximate surface area is 106 Å². The highest BCUT2D eigenvalue weighted by Crippen LogP contribution is 2.52. The topological polar surface area (TPSA) is 46.6 Å². The van der Waals surface area contributed by atoms with Crippen LogP contribution in [-0.4, -0.2) is 55.1 Å². The van der Waals surface area contributed by atoms with E-state index >= 15 is 0 Å². The van der Waals surface area contributed by atoms with E-state index in [4.69, 9.17) is 16.3 Å². The Kier molecular flexibility index (Phi) is 2.78. The molecule has 2 unspecified atom stereocenters. The number of ether oxygens (including phenoxy) is 1. The van der Waals surface area contributed by atoms with Gasteiger partial charge in [-0.2, -0.15) is 0 Å². The van der Waals surface area contributed by atoms with Crippen LogP contribution in [-0.2, 0) is 14.6 Å². The highest BCUT2D eigenvalue weighted by atomic mass is 35.5. The van der Waals surface area contributed by atoms with Crippen molar-refractivity contribution >= 4 is 21.4 Å². The summed E-state index contributed by atoms with van der Waals surface area (Å²) in [6.07, 6.45) is 5.16. The summed E-state index contributed by atoms with van der Waals surface area (Å²) in [6.45, 7) is 2.91. The van der Waals surface area contributed by atoms with Crippen molar-refractivity contribution in [3.63, 3.8) is 0 Å². The van der Waals surface area contributed by atoms with Crippen LogP contribution in [0.15, 0.2) is 12.2 Å². The van der Waals surface area contributed by atoms with E-state index in [1.165, 1.54) is 0 Å². The van der Waals surface area contributed by atoms with E-state index in [9.17, 15) is 8.42 Å². The molecule has 3 rings (SSSR count). The summed E-state index contributed by atoms with van der Waals surface area (Å²) < 4.78 is 28.3. The lowest BCUT2D eigenvalue weighted by atomic mass is 9.94. The zero-order chi connectivity index (χ0) is 12.1. The first-order valence-corrected chi connectivity index (χ1v) is 7.92. The Balaban J connectivity index is 1.89. The smallest absolute Gasteiger partial charge is 0.176 e. The molecule has 2 fully saturated rings. The molecule has 4 nitrogen and oxygen atoms in total. The number of allylic oxidation sites excluding steroid dienone is 2. The van der Waals surface area contributed by atoms with Crippen molar-refractivity contribution in [3.8, 4) is 0 Å². The lowest BCUT2D eigenvalue weighted by Crippen LogP contribution is -2.73. The predicted molar refractivity (Wildman–Crippen MR) is 65.8 cm³/mol. The third-order valence-corrected chi connectivity index (χ3v) is 7.68. The fourth-order valence-corrected chi connectivity index (χ4v) is 6.49. The number of nitrogens with zero attached hydrogens (tertiary/aromatic N) is 1. The fourth-order valence-electron chi connectivity index (χ4n) is 3.21. The van der Waals surface area contributed by atoms with E-state index < -0.39 is 19.3 Å². The van der Waals surface area contributed by atoms with E-state index in [1.54, 1.807) is 0 Å². The second kappa shape index (κ2) is 3.95. The Hall–Kier alpha value is -0.100. The summed E-state index contributed by atoms with van der Waals surface area (Å²) >= 11 is 6.11. The molecule has 96 valence electrons. The van der Waals surface area contributed by atoms with Gasteiger partial charge in [0.05, 0.1) is 24.0 Å². The number of halogens is 1. The van der Waals surface area contributed by atoms with Crippen molar-refractivity contribution in [3.05, 3.63) is 12.2 Å². The largest absolute Gasteiger partial charge is 0.379 e. The van der Waals surface area contributed by atoms with Gasteiger partial charge in [0.2, 0.25) is 0 Å². The molecule has 2 heterocycles. The Morgan fingerprint density at radius 1 is 1.24 bits per heavy atom. The molecular weight excluding hydrogens is 262 g/mol. The van der Waals surface area contributed by atoms with Crippen molar-refractivity contribution in [2.75, 3.05) is 26.3 Å². The fraction of sp³-hybridized carbons (Fsp3) is 0.818. The van der Waals surface area contributed by atoms with Crippen LogP contribution in [0.2, 0.25) is 0 Å². The normalized spacial score (nSPS) is 39.4. The van der Waals surface area contributed by atoms with Gasteiger partial charge in [-0.25, -0.2) is 8.42 Å². The lowest BCUT2D eigenvalue weighted by molar-refractivity contribution is 0.00441. The molecule has 1 aliphatic carbocycles. The van der Waals surface area contributed by atoms with Crippen LogP contribution in [0, 0.1) is 0 Å². The molecule has 2 aliphatic heterocycles. The molecule has 3 aliphatic rings. The van der Waals surface area contributed by atoms with E-state index in [-0.39, 0.29) is 6.04 Å². The molecule has 0 aromatic rings. The minimum atomic E-state index is -3.18. The van der Waals surface area contributed by atoms with E-state index in [0.29, 0.717) is 26.1 Å². The minimum Gasteiger partial charge on any atom is -0.379 e. The third-order valence-electron chi connectivity index (χ3n) is 4.18. The first kappa shape index (κ1) is 12.0. The van der Waals surface area contributed by atoms with Crippen molar-refractivity contribution in [1.82, 2.24) is 4.90 Å². The average Bonchev–Trinajstić information content (AvgIpc) is 2.83. The quantitative estimate of drug-likeness (QED) is 0.525. The molecule has 2 saturated heterocycles. The minimum absolute atomic E-state index is 0.0481. The van der Waals surface area contributed by atoms with Gasteiger partial charge in [-0.15, -0.1) is 11.6 Å². The highest BCUT2D eigenvalue weighted by Gasteiger charge is 2.68. The molecular formula is C11H16ClNO3S. The van der Waals surface area contributed by atoms with Crippen molar-refractivity contribution in [2.45, 2.75) is 28.3 Å². The van der Waals surface area contributed by atoms with Gasteiger partial charge in [-0.05, 0) is 12.8 Å². The zero-order valence-corrected chi connectivity index (χ0v) is 11.1. The van der Waals surface area contributed by atoms with E-state index in [2.05, 4.69) is 4.90 Å². The van der Waals surface area contributed by atoms with E-state index in [0.717, 1.165) is 13.1 Å². The maximum Gasteiger partial charge on any atom is 0.176 e. The van der Waals surface area contributed by atoms with Gasteiger partial charge >= 0.3 is 0 Å². The molecule has 0 aromatic heterocycles. The van der Waals surface area contributed by atoms with Gasteiger partial charge < -0.3 is 4.74 Å². The molecule has 0 bridgehead atoms. The van der Waals surface area contributed by atoms with Gasteiger partial charge in [0.15, 0.2) is 14.5 Å². The van der Waals surface area contributed by atoms with Crippen molar-refractivity contribution in [2.24, 2.45) is 0 Å². The summed E-state index contributed by atoms with van der Waals surface area (Å²) in [6, 6.07) is -0.0481. The van der Waals surface area contributed by atoms with Crippen LogP contribution in [0.4, 0.5) is 0 Å². The maximum absolute atomic E-state index is 12.2. The first-order valence-electron chi connectivity index (χ1n) is 5.94. The van der Waals surface area contributed by atoms with Crippen LogP contribution >= 0.6 is 11.6 Å². The number of sulfone groups is 1. The summed E-state index contributed by atoms with van der Waals surface area (Å²) in [4.78, 5) is 2.19.